The first-order valence-electron chi connectivity index (χ1n) is 5.29. The van der Waals surface area contributed by atoms with E-state index in [4.69, 9.17) is 10.5 Å². The molecule has 5 heteroatoms. The molecule has 1 unspecified atom stereocenters. The Hall–Kier alpha value is -0.130. The smallest absolute Gasteiger partial charge is 0.147 e. The molecule has 0 aliphatic rings. The van der Waals surface area contributed by atoms with Gasteiger partial charge in [-0.25, -0.2) is 8.42 Å². The molecule has 0 aromatic rings. The molecule has 0 aliphatic carbocycles. The van der Waals surface area contributed by atoms with Gasteiger partial charge in [-0.3, -0.25) is 0 Å². The van der Waals surface area contributed by atoms with Crippen molar-refractivity contribution in [1.82, 2.24) is 0 Å². The molecule has 0 aliphatic heterocycles. The molecule has 0 amide bonds. The molecule has 0 spiro atoms. The van der Waals surface area contributed by atoms with Crippen molar-refractivity contribution in [1.29, 1.82) is 0 Å². The van der Waals surface area contributed by atoms with Crippen LogP contribution in [0.5, 0.6) is 0 Å². The number of sulfone groups is 1. The van der Waals surface area contributed by atoms with E-state index in [0.717, 1.165) is 12.8 Å². The molecule has 15 heavy (non-hydrogen) atoms. The van der Waals surface area contributed by atoms with Crippen LogP contribution in [0.1, 0.15) is 33.1 Å². The van der Waals surface area contributed by atoms with Crippen molar-refractivity contribution in [3.8, 4) is 0 Å². The van der Waals surface area contributed by atoms with Crippen LogP contribution in [-0.4, -0.2) is 39.2 Å². The second-order valence-electron chi connectivity index (χ2n) is 4.00. The summed E-state index contributed by atoms with van der Waals surface area (Å²) in [5.74, 6) is 0.124. The van der Waals surface area contributed by atoms with E-state index in [1.54, 1.807) is 7.11 Å². The summed E-state index contributed by atoms with van der Waals surface area (Å²) in [6.45, 7) is 4.01. The molecule has 2 N–H and O–H groups in total. The van der Waals surface area contributed by atoms with E-state index in [-0.39, 0.29) is 17.4 Å². The number of rotatable bonds is 7. The van der Waals surface area contributed by atoms with Crippen LogP contribution in [0, 0.1) is 0 Å². The molecular formula is C10H23NO3S. The van der Waals surface area contributed by atoms with Gasteiger partial charge in [0.15, 0.2) is 0 Å². The first-order valence-corrected chi connectivity index (χ1v) is 7.35. The highest BCUT2D eigenvalue weighted by molar-refractivity contribution is 7.90. The zero-order valence-electron chi connectivity index (χ0n) is 10.1. The van der Waals surface area contributed by atoms with E-state index in [0.29, 0.717) is 6.42 Å². The summed E-state index contributed by atoms with van der Waals surface area (Å²) < 4.78 is 27.5. The van der Waals surface area contributed by atoms with Crippen molar-refractivity contribution in [2.75, 3.05) is 19.1 Å². The lowest BCUT2D eigenvalue weighted by molar-refractivity contribution is -0.0381. The predicted octanol–water partition coefficient (Wildman–Crippen LogP) is 0.954. The number of hydrogen-bond donors (Lipinski definition) is 1. The summed E-state index contributed by atoms with van der Waals surface area (Å²) in [7, 11) is -1.31. The Bertz CT molecular complexity index is 262. The third-order valence-corrected chi connectivity index (χ3v) is 4.06. The SMILES string of the molecule is CCC(CC)(OC)C(N)CCS(C)(=O)=O. The van der Waals surface area contributed by atoms with Gasteiger partial charge in [-0.2, -0.15) is 0 Å². The lowest BCUT2D eigenvalue weighted by Crippen LogP contribution is -2.49. The van der Waals surface area contributed by atoms with Gasteiger partial charge in [0.1, 0.15) is 9.84 Å². The van der Waals surface area contributed by atoms with Crippen LogP contribution in [-0.2, 0) is 14.6 Å². The molecule has 0 aromatic carbocycles. The molecule has 92 valence electrons. The fourth-order valence-corrected chi connectivity index (χ4v) is 2.50. The molecule has 0 aromatic heterocycles. The average Bonchev–Trinajstić information content (AvgIpc) is 2.17. The Balaban J connectivity index is 4.46. The Morgan fingerprint density at radius 3 is 2.07 bits per heavy atom. The largest absolute Gasteiger partial charge is 0.377 e. The van der Waals surface area contributed by atoms with Gasteiger partial charge in [0.25, 0.3) is 0 Å². The summed E-state index contributed by atoms with van der Waals surface area (Å²) in [5.41, 5.74) is 5.62. The highest BCUT2D eigenvalue weighted by Crippen LogP contribution is 2.24. The molecule has 0 saturated carbocycles. The van der Waals surface area contributed by atoms with Crippen LogP contribution < -0.4 is 5.73 Å². The summed E-state index contributed by atoms with van der Waals surface area (Å²) in [5, 5.41) is 0. The fourth-order valence-electron chi connectivity index (χ4n) is 1.82. The second kappa shape index (κ2) is 5.82. The summed E-state index contributed by atoms with van der Waals surface area (Å²) in [4.78, 5) is 0. The molecule has 0 heterocycles. The van der Waals surface area contributed by atoms with Crippen molar-refractivity contribution in [2.45, 2.75) is 44.8 Å². The Kier molecular flexibility index (Phi) is 5.77. The molecule has 1 atom stereocenters. The van der Waals surface area contributed by atoms with Crippen molar-refractivity contribution >= 4 is 9.84 Å². The van der Waals surface area contributed by atoms with Crippen LogP contribution in [0.3, 0.4) is 0 Å². The van der Waals surface area contributed by atoms with Gasteiger partial charge < -0.3 is 10.5 Å². The minimum atomic E-state index is -2.94. The predicted molar refractivity (Wildman–Crippen MR) is 62.6 cm³/mol. The highest BCUT2D eigenvalue weighted by atomic mass is 32.2. The van der Waals surface area contributed by atoms with Crippen LogP contribution in [0.4, 0.5) is 0 Å². The monoisotopic (exact) mass is 237 g/mol. The van der Waals surface area contributed by atoms with E-state index in [1.807, 2.05) is 13.8 Å². The maximum atomic E-state index is 11.0. The third kappa shape index (κ3) is 4.49. The standard InChI is InChI=1S/C10H23NO3S/c1-5-10(6-2,14-3)9(11)7-8-15(4,12)13/h9H,5-8,11H2,1-4H3. The normalized spacial score (nSPS) is 15.3. The zero-order valence-corrected chi connectivity index (χ0v) is 10.9. The molecular weight excluding hydrogens is 214 g/mol. The number of methoxy groups -OCH3 is 1. The molecule has 0 fully saturated rings. The zero-order chi connectivity index (χ0) is 12.1. The maximum Gasteiger partial charge on any atom is 0.147 e. The summed E-state index contributed by atoms with van der Waals surface area (Å²) in [6.07, 6.45) is 3.27. The van der Waals surface area contributed by atoms with Gasteiger partial charge in [0.05, 0.1) is 11.4 Å². The van der Waals surface area contributed by atoms with E-state index in [2.05, 4.69) is 0 Å². The van der Waals surface area contributed by atoms with Crippen LogP contribution in [0.15, 0.2) is 0 Å². The lowest BCUT2D eigenvalue weighted by atomic mass is 9.87. The number of hydrogen-bond acceptors (Lipinski definition) is 4. The van der Waals surface area contributed by atoms with Crippen molar-refractivity contribution < 1.29 is 13.2 Å². The molecule has 0 saturated heterocycles. The van der Waals surface area contributed by atoms with Crippen molar-refractivity contribution in [2.24, 2.45) is 5.73 Å². The first-order chi connectivity index (χ1) is 6.81. The Morgan fingerprint density at radius 1 is 1.33 bits per heavy atom. The van der Waals surface area contributed by atoms with E-state index in [1.165, 1.54) is 6.26 Å². The molecule has 0 radical (unpaired) electrons. The highest BCUT2D eigenvalue weighted by Gasteiger charge is 2.33. The quantitative estimate of drug-likeness (QED) is 0.716. The van der Waals surface area contributed by atoms with Crippen molar-refractivity contribution in [3.63, 3.8) is 0 Å². The van der Waals surface area contributed by atoms with E-state index < -0.39 is 9.84 Å². The number of nitrogens with two attached hydrogens (primary N) is 1. The van der Waals surface area contributed by atoms with Gasteiger partial charge in [-0.15, -0.1) is 0 Å². The van der Waals surface area contributed by atoms with Gasteiger partial charge in [0, 0.05) is 19.4 Å². The van der Waals surface area contributed by atoms with Gasteiger partial charge in [0.2, 0.25) is 0 Å². The Morgan fingerprint density at radius 2 is 1.80 bits per heavy atom. The van der Waals surface area contributed by atoms with Gasteiger partial charge in [-0.1, -0.05) is 13.8 Å². The van der Waals surface area contributed by atoms with Crippen LogP contribution in [0.2, 0.25) is 0 Å². The Labute approximate surface area is 93.1 Å². The first kappa shape index (κ1) is 14.9. The average molecular weight is 237 g/mol. The van der Waals surface area contributed by atoms with E-state index >= 15 is 0 Å². The fraction of sp³-hybridized carbons (Fsp3) is 1.00. The van der Waals surface area contributed by atoms with Gasteiger partial charge in [-0.05, 0) is 19.3 Å². The second-order valence-corrected chi connectivity index (χ2v) is 6.26. The van der Waals surface area contributed by atoms with E-state index in [9.17, 15) is 8.42 Å². The van der Waals surface area contributed by atoms with Crippen molar-refractivity contribution in [3.05, 3.63) is 0 Å². The minimum Gasteiger partial charge on any atom is -0.377 e. The summed E-state index contributed by atoms with van der Waals surface area (Å²) >= 11 is 0. The maximum absolute atomic E-state index is 11.0. The molecule has 0 rings (SSSR count). The summed E-state index contributed by atoms with van der Waals surface area (Å²) in [6, 6.07) is -0.229. The number of ether oxygens (including phenoxy) is 1. The lowest BCUT2D eigenvalue weighted by Gasteiger charge is -2.36. The third-order valence-electron chi connectivity index (χ3n) is 3.08. The van der Waals surface area contributed by atoms with Crippen LogP contribution in [0.25, 0.3) is 0 Å². The minimum absolute atomic E-state index is 0.124. The topological polar surface area (TPSA) is 69.4 Å². The van der Waals surface area contributed by atoms with Crippen LogP contribution >= 0.6 is 0 Å². The van der Waals surface area contributed by atoms with Gasteiger partial charge >= 0.3 is 0 Å². The molecule has 0 bridgehead atoms. The molecule has 4 nitrogen and oxygen atoms in total.